The normalized spacial score (nSPS) is 6.29. The van der Waals surface area contributed by atoms with Crippen molar-refractivity contribution in [2.24, 2.45) is 0 Å². The molecule has 40 valence electrons. The Bertz CT molecular complexity index is 75.7. The number of carboxylic acids is 2. The van der Waals surface area contributed by atoms with Gasteiger partial charge in [-0.25, -0.2) is 0 Å². The number of rotatable bonds is 0. The molecule has 4 nitrogen and oxygen atoms in total. The Kier molecular flexibility index (Phi) is 6.53. The topological polar surface area (TPSA) is 80.3 Å². The van der Waals surface area contributed by atoms with Crippen LogP contribution in [0, 0.1) is 40.4 Å². The summed E-state index contributed by atoms with van der Waals surface area (Å²) in [4.78, 5) is 17.9. The standard InChI is InChI=1S/C2H2O4.Sm/c3-1(4)2(5)6;/h(H,3,4)(H,5,6);/p-2. The first kappa shape index (κ1) is 10.3. The van der Waals surface area contributed by atoms with E-state index in [-0.39, 0.29) is 40.4 Å². The SMILES string of the molecule is O=C([O-])C(=O)[O-].[Sm]. The molecule has 0 spiro atoms. The molecule has 5 heteroatoms. The minimum Gasteiger partial charge on any atom is -0.543 e. The maximum Gasteiger partial charge on any atom is 0.0870 e. The van der Waals surface area contributed by atoms with E-state index in [0.29, 0.717) is 0 Å². The van der Waals surface area contributed by atoms with Gasteiger partial charge < -0.3 is 19.8 Å². The average molecular weight is 238 g/mol. The smallest absolute Gasteiger partial charge is 0.0870 e. The summed E-state index contributed by atoms with van der Waals surface area (Å²) in [6, 6.07) is 0. The molecule has 0 unspecified atom stereocenters. The second-order valence-electron chi connectivity index (χ2n) is 0.575. The summed E-state index contributed by atoms with van der Waals surface area (Å²) >= 11 is 0. The fourth-order valence-electron chi connectivity index (χ4n) is 0. The van der Waals surface area contributed by atoms with Gasteiger partial charge in [0.2, 0.25) is 0 Å². The molecule has 0 N–H and O–H groups in total. The van der Waals surface area contributed by atoms with Crippen molar-refractivity contribution >= 4 is 11.9 Å². The predicted octanol–water partition coefficient (Wildman–Crippen LogP) is -3.51. The molecule has 0 heterocycles. The van der Waals surface area contributed by atoms with E-state index in [2.05, 4.69) is 0 Å². The van der Waals surface area contributed by atoms with Crippen LogP contribution in [0.4, 0.5) is 0 Å². The van der Waals surface area contributed by atoms with Crippen LogP contribution in [0.25, 0.3) is 0 Å². The van der Waals surface area contributed by atoms with Gasteiger partial charge in [0, 0.05) is 40.4 Å². The second-order valence-corrected chi connectivity index (χ2v) is 0.575. The molecule has 0 aliphatic rings. The van der Waals surface area contributed by atoms with Crippen LogP contribution in [0.2, 0.25) is 0 Å². The van der Waals surface area contributed by atoms with Gasteiger partial charge in [-0.15, -0.1) is 0 Å². The zero-order chi connectivity index (χ0) is 5.15. The molecule has 0 aliphatic heterocycles. The molecule has 0 bridgehead atoms. The molecule has 0 aliphatic carbocycles. The van der Waals surface area contributed by atoms with Crippen LogP contribution in [-0.2, 0) is 9.59 Å². The van der Waals surface area contributed by atoms with Gasteiger partial charge >= 0.3 is 0 Å². The summed E-state index contributed by atoms with van der Waals surface area (Å²) in [5.41, 5.74) is 0. The Balaban J connectivity index is 0. The molecule has 0 saturated heterocycles. The van der Waals surface area contributed by atoms with Crippen molar-refractivity contribution in [2.75, 3.05) is 0 Å². The van der Waals surface area contributed by atoms with Crippen molar-refractivity contribution < 1.29 is 60.2 Å². The fraction of sp³-hybridized carbons (Fsp3) is 0. The third-order valence-corrected chi connectivity index (χ3v) is 0.167. The second kappa shape index (κ2) is 4.44. The van der Waals surface area contributed by atoms with Crippen LogP contribution < -0.4 is 10.2 Å². The van der Waals surface area contributed by atoms with Crippen LogP contribution in [0.3, 0.4) is 0 Å². The molecule has 0 saturated carbocycles. The average Bonchev–Trinajstić information content (AvgIpc) is 1.36. The number of hydrogen-bond donors (Lipinski definition) is 0. The van der Waals surface area contributed by atoms with E-state index in [0.717, 1.165) is 0 Å². The van der Waals surface area contributed by atoms with Gasteiger partial charge in [0.1, 0.15) is 0 Å². The first-order chi connectivity index (χ1) is 2.64. The van der Waals surface area contributed by atoms with Crippen molar-refractivity contribution in [3.63, 3.8) is 0 Å². The third kappa shape index (κ3) is 6.28. The van der Waals surface area contributed by atoms with Crippen molar-refractivity contribution in [1.29, 1.82) is 0 Å². The van der Waals surface area contributed by atoms with Gasteiger partial charge in [0.15, 0.2) is 0 Å². The summed E-state index contributed by atoms with van der Waals surface area (Å²) in [5.74, 6) is -4.37. The minimum atomic E-state index is -2.19. The minimum absolute atomic E-state index is 0. The van der Waals surface area contributed by atoms with E-state index in [9.17, 15) is 0 Å². The molecule has 0 atom stereocenters. The zero-order valence-corrected chi connectivity index (χ0v) is 5.66. The Morgan fingerprint density at radius 2 is 1.14 bits per heavy atom. The van der Waals surface area contributed by atoms with E-state index in [1.54, 1.807) is 0 Å². The molecular weight excluding hydrogens is 238 g/mol. The molecule has 7 heavy (non-hydrogen) atoms. The van der Waals surface area contributed by atoms with Crippen LogP contribution in [0.1, 0.15) is 0 Å². The number of carbonyl (C=O) groups excluding carboxylic acids is 2. The Morgan fingerprint density at radius 1 is 1.00 bits per heavy atom. The van der Waals surface area contributed by atoms with Crippen molar-refractivity contribution in [1.82, 2.24) is 0 Å². The molecule has 0 aromatic rings. The molecular formula is C2O4Sm-2. The summed E-state index contributed by atoms with van der Waals surface area (Å²) in [5, 5.41) is 17.9. The molecule has 0 fully saturated rings. The number of hydrogen-bond acceptors (Lipinski definition) is 4. The van der Waals surface area contributed by atoms with Crippen molar-refractivity contribution in [2.45, 2.75) is 0 Å². The first-order valence-electron chi connectivity index (χ1n) is 1.07. The molecule has 0 aromatic heterocycles. The van der Waals surface area contributed by atoms with E-state index in [1.165, 1.54) is 0 Å². The van der Waals surface area contributed by atoms with Crippen molar-refractivity contribution in [3.05, 3.63) is 0 Å². The van der Waals surface area contributed by atoms with Gasteiger partial charge in [0.25, 0.3) is 0 Å². The zero-order valence-electron chi connectivity index (χ0n) is 3.04. The van der Waals surface area contributed by atoms with Gasteiger partial charge in [-0.05, 0) is 0 Å². The van der Waals surface area contributed by atoms with Crippen LogP contribution in [0.5, 0.6) is 0 Å². The largest absolute Gasteiger partial charge is 0.543 e. The molecule has 0 rings (SSSR count). The maximum atomic E-state index is 8.93. The number of aliphatic carboxylic acids is 2. The summed E-state index contributed by atoms with van der Waals surface area (Å²) < 4.78 is 0. The Morgan fingerprint density at radius 3 is 1.14 bits per heavy atom. The molecule has 0 radical (unpaired) electrons. The van der Waals surface area contributed by atoms with E-state index in [4.69, 9.17) is 19.8 Å². The van der Waals surface area contributed by atoms with Crippen LogP contribution >= 0.6 is 0 Å². The van der Waals surface area contributed by atoms with E-state index in [1.807, 2.05) is 0 Å². The maximum absolute atomic E-state index is 8.93. The summed E-state index contributed by atoms with van der Waals surface area (Å²) in [6.07, 6.45) is 0. The summed E-state index contributed by atoms with van der Waals surface area (Å²) in [6.45, 7) is 0. The van der Waals surface area contributed by atoms with Crippen LogP contribution in [-0.4, -0.2) is 11.9 Å². The van der Waals surface area contributed by atoms with Gasteiger partial charge in [-0.3, -0.25) is 0 Å². The quantitative estimate of drug-likeness (QED) is 0.410. The predicted molar refractivity (Wildman–Crippen MR) is 10.0 cm³/mol. The Labute approximate surface area is 71.6 Å². The van der Waals surface area contributed by atoms with E-state index >= 15 is 0 Å². The summed E-state index contributed by atoms with van der Waals surface area (Å²) in [7, 11) is 0. The number of carboxylic acid groups (broad SMARTS) is 2. The molecule has 0 amide bonds. The van der Waals surface area contributed by atoms with Gasteiger partial charge in [-0.2, -0.15) is 0 Å². The van der Waals surface area contributed by atoms with Crippen LogP contribution in [0.15, 0.2) is 0 Å². The van der Waals surface area contributed by atoms with Crippen molar-refractivity contribution in [3.8, 4) is 0 Å². The van der Waals surface area contributed by atoms with Gasteiger partial charge in [0.05, 0.1) is 11.9 Å². The third-order valence-electron chi connectivity index (χ3n) is 0.167. The monoisotopic (exact) mass is 240 g/mol. The van der Waals surface area contributed by atoms with E-state index < -0.39 is 11.9 Å². The molecule has 0 aromatic carbocycles. The fourth-order valence-corrected chi connectivity index (χ4v) is 0. The Hall–Kier alpha value is 0.278. The first-order valence-corrected chi connectivity index (χ1v) is 1.07. The van der Waals surface area contributed by atoms with Gasteiger partial charge in [-0.1, -0.05) is 0 Å². The number of carbonyl (C=O) groups is 2.